The third-order valence-electron chi connectivity index (χ3n) is 3.65. The summed E-state index contributed by atoms with van der Waals surface area (Å²) in [6.07, 6.45) is 5.21. The summed E-state index contributed by atoms with van der Waals surface area (Å²) in [4.78, 5) is 15.8. The van der Waals surface area contributed by atoms with Crippen molar-refractivity contribution in [2.24, 2.45) is 0 Å². The van der Waals surface area contributed by atoms with Gasteiger partial charge >= 0.3 is 5.97 Å². The molecule has 0 aromatic carbocycles. The number of carbonyl (C=O) groups is 1. The SMILES string of the molecule is CC(C)(C)c1cc(C(=O)O)n(Cc2ccc(-n3cccn3)nc2)n1. The number of hydrogen-bond acceptors (Lipinski definition) is 4. The molecule has 0 aliphatic rings. The van der Waals surface area contributed by atoms with Crippen LogP contribution in [0.5, 0.6) is 0 Å². The normalized spacial score (nSPS) is 11.6. The molecule has 0 saturated carbocycles. The van der Waals surface area contributed by atoms with Gasteiger partial charge < -0.3 is 5.11 Å². The summed E-state index contributed by atoms with van der Waals surface area (Å²) in [7, 11) is 0. The van der Waals surface area contributed by atoms with Crippen LogP contribution in [0.15, 0.2) is 42.9 Å². The van der Waals surface area contributed by atoms with Crippen LogP contribution < -0.4 is 0 Å². The van der Waals surface area contributed by atoms with Crippen LogP contribution in [0.4, 0.5) is 0 Å². The molecule has 1 N–H and O–H groups in total. The Kier molecular flexibility index (Phi) is 3.92. The van der Waals surface area contributed by atoms with E-state index < -0.39 is 5.97 Å². The van der Waals surface area contributed by atoms with Crippen LogP contribution in [0, 0.1) is 0 Å². The largest absolute Gasteiger partial charge is 0.477 e. The van der Waals surface area contributed by atoms with E-state index >= 15 is 0 Å². The maximum atomic E-state index is 11.5. The van der Waals surface area contributed by atoms with E-state index in [9.17, 15) is 9.90 Å². The first-order chi connectivity index (χ1) is 11.3. The van der Waals surface area contributed by atoms with E-state index in [1.54, 1.807) is 23.1 Å². The number of aromatic nitrogens is 5. The fourth-order valence-corrected chi connectivity index (χ4v) is 2.30. The van der Waals surface area contributed by atoms with Gasteiger partial charge in [-0.15, -0.1) is 0 Å². The molecule has 0 unspecified atom stereocenters. The molecular weight excluding hydrogens is 306 g/mol. The minimum atomic E-state index is -0.987. The average molecular weight is 325 g/mol. The van der Waals surface area contributed by atoms with Crippen molar-refractivity contribution in [1.82, 2.24) is 24.5 Å². The minimum Gasteiger partial charge on any atom is -0.477 e. The van der Waals surface area contributed by atoms with Crippen LogP contribution in [0.25, 0.3) is 5.82 Å². The fourth-order valence-electron chi connectivity index (χ4n) is 2.30. The molecule has 0 spiro atoms. The van der Waals surface area contributed by atoms with Gasteiger partial charge in [0.1, 0.15) is 5.69 Å². The molecular formula is C17H19N5O2. The van der Waals surface area contributed by atoms with E-state index in [1.807, 2.05) is 45.2 Å². The predicted octanol–water partition coefficient (Wildman–Crippen LogP) is 2.51. The summed E-state index contributed by atoms with van der Waals surface area (Å²) in [5.41, 5.74) is 1.59. The molecule has 24 heavy (non-hydrogen) atoms. The van der Waals surface area contributed by atoms with E-state index in [-0.39, 0.29) is 11.1 Å². The molecule has 0 fully saturated rings. The number of nitrogens with zero attached hydrogens (tertiary/aromatic N) is 5. The van der Waals surface area contributed by atoms with Crippen molar-refractivity contribution in [1.29, 1.82) is 0 Å². The molecule has 0 aliphatic heterocycles. The van der Waals surface area contributed by atoms with Crippen LogP contribution in [0.1, 0.15) is 42.5 Å². The van der Waals surface area contributed by atoms with Gasteiger partial charge in [-0.3, -0.25) is 4.68 Å². The maximum absolute atomic E-state index is 11.5. The van der Waals surface area contributed by atoms with Gasteiger partial charge in [-0.1, -0.05) is 26.8 Å². The molecule has 3 rings (SSSR count). The van der Waals surface area contributed by atoms with Gasteiger partial charge in [0.15, 0.2) is 5.82 Å². The third kappa shape index (κ3) is 3.19. The van der Waals surface area contributed by atoms with Gasteiger partial charge in [0.25, 0.3) is 0 Å². The lowest BCUT2D eigenvalue weighted by Crippen LogP contribution is -2.14. The van der Waals surface area contributed by atoms with Crippen LogP contribution in [0.2, 0.25) is 0 Å². The predicted molar refractivity (Wildman–Crippen MR) is 88.3 cm³/mol. The smallest absolute Gasteiger partial charge is 0.354 e. The summed E-state index contributed by atoms with van der Waals surface area (Å²) in [5, 5.41) is 18.0. The first-order valence-electron chi connectivity index (χ1n) is 7.61. The highest BCUT2D eigenvalue weighted by atomic mass is 16.4. The number of rotatable bonds is 4. The number of carboxylic acids is 1. The Morgan fingerprint density at radius 1 is 1.29 bits per heavy atom. The topological polar surface area (TPSA) is 85.8 Å². The molecule has 0 aliphatic carbocycles. The zero-order valence-electron chi connectivity index (χ0n) is 13.8. The van der Waals surface area contributed by atoms with Gasteiger partial charge in [-0.25, -0.2) is 14.5 Å². The first kappa shape index (κ1) is 15.9. The fraction of sp³-hybridized carbons (Fsp3) is 0.294. The third-order valence-corrected chi connectivity index (χ3v) is 3.65. The second-order valence-electron chi connectivity index (χ2n) is 6.60. The van der Waals surface area contributed by atoms with E-state index in [4.69, 9.17) is 0 Å². The van der Waals surface area contributed by atoms with Crippen molar-refractivity contribution in [3.63, 3.8) is 0 Å². The zero-order chi connectivity index (χ0) is 17.3. The summed E-state index contributed by atoms with van der Waals surface area (Å²) in [6, 6.07) is 7.20. The lowest BCUT2D eigenvalue weighted by atomic mass is 9.92. The number of carboxylic acid groups (broad SMARTS) is 1. The Labute approximate surface area is 139 Å². The summed E-state index contributed by atoms with van der Waals surface area (Å²) < 4.78 is 3.17. The Bertz CT molecular complexity index is 842. The first-order valence-corrected chi connectivity index (χ1v) is 7.61. The van der Waals surface area contributed by atoms with Crippen LogP contribution in [-0.4, -0.2) is 35.6 Å². The van der Waals surface area contributed by atoms with Crippen molar-refractivity contribution in [2.75, 3.05) is 0 Å². The molecule has 0 amide bonds. The van der Waals surface area contributed by atoms with Crippen molar-refractivity contribution < 1.29 is 9.90 Å². The number of pyridine rings is 1. The van der Waals surface area contributed by atoms with E-state index in [2.05, 4.69) is 15.2 Å². The molecule has 7 nitrogen and oxygen atoms in total. The molecule has 0 radical (unpaired) electrons. The van der Waals surface area contributed by atoms with Gasteiger partial charge in [0.2, 0.25) is 0 Å². The minimum absolute atomic E-state index is 0.177. The molecule has 0 saturated heterocycles. The van der Waals surface area contributed by atoms with Crippen molar-refractivity contribution >= 4 is 5.97 Å². The Hall–Kier alpha value is -2.96. The maximum Gasteiger partial charge on any atom is 0.354 e. The van der Waals surface area contributed by atoms with Crippen molar-refractivity contribution in [3.05, 3.63) is 59.8 Å². The zero-order valence-corrected chi connectivity index (χ0v) is 13.8. The molecule has 7 heteroatoms. The van der Waals surface area contributed by atoms with Crippen LogP contribution in [-0.2, 0) is 12.0 Å². The number of aromatic carboxylic acids is 1. The van der Waals surface area contributed by atoms with Gasteiger partial charge in [0, 0.05) is 24.0 Å². The van der Waals surface area contributed by atoms with E-state index in [1.165, 1.54) is 4.68 Å². The van der Waals surface area contributed by atoms with Crippen LogP contribution >= 0.6 is 0 Å². The highest BCUT2D eigenvalue weighted by Gasteiger charge is 2.22. The monoisotopic (exact) mass is 325 g/mol. The lowest BCUT2D eigenvalue weighted by molar-refractivity contribution is 0.0684. The summed E-state index contributed by atoms with van der Waals surface area (Å²) >= 11 is 0. The van der Waals surface area contributed by atoms with Gasteiger partial charge in [0.05, 0.1) is 12.2 Å². The number of hydrogen-bond donors (Lipinski definition) is 1. The average Bonchev–Trinajstić information content (AvgIpc) is 3.16. The van der Waals surface area contributed by atoms with E-state index in [0.29, 0.717) is 12.4 Å². The second-order valence-corrected chi connectivity index (χ2v) is 6.60. The van der Waals surface area contributed by atoms with Gasteiger partial charge in [-0.2, -0.15) is 10.2 Å². The Morgan fingerprint density at radius 2 is 2.08 bits per heavy atom. The quantitative estimate of drug-likeness (QED) is 0.796. The van der Waals surface area contributed by atoms with Crippen molar-refractivity contribution in [2.45, 2.75) is 32.7 Å². The molecule has 3 heterocycles. The molecule has 0 atom stereocenters. The highest BCUT2D eigenvalue weighted by Crippen LogP contribution is 2.22. The lowest BCUT2D eigenvalue weighted by Gasteiger charge is -2.14. The van der Waals surface area contributed by atoms with Crippen LogP contribution in [0.3, 0.4) is 0 Å². The van der Waals surface area contributed by atoms with Crippen molar-refractivity contribution in [3.8, 4) is 5.82 Å². The molecule has 3 aromatic heterocycles. The highest BCUT2D eigenvalue weighted by molar-refractivity contribution is 5.85. The van der Waals surface area contributed by atoms with E-state index in [0.717, 1.165) is 11.3 Å². The standard InChI is InChI=1S/C17H19N5O2/c1-17(2,3)14-9-13(16(23)24)22(20-14)11-12-5-6-15(18-10-12)21-8-4-7-19-21/h4-10H,11H2,1-3H3,(H,23,24). The molecule has 3 aromatic rings. The molecule has 124 valence electrons. The summed E-state index contributed by atoms with van der Waals surface area (Å²) in [5.74, 6) is -0.280. The van der Waals surface area contributed by atoms with Gasteiger partial charge in [-0.05, 0) is 23.8 Å². The molecule has 0 bridgehead atoms. The Morgan fingerprint density at radius 3 is 2.62 bits per heavy atom. The second kappa shape index (κ2) is 5.92. The Balaban J connectivity index is 1.88. The summed E-state index contributed by atoms with van der Waals surface area (Å²) in [6.45, 7) is 6.37.